The van der Waals surface area contributed by atoms with Gasteiger partial charge in [-0.25, -0.2) is 8.78 Å². The summed E-state index contributed by atoms with van der Waals surface area (Å²) in [5, 5.41) is 11.7. The largest absolute Gasteiger partial charge is 0.384 e. The Morgan fingerprint density at radius 3 is 2.44 bits per heavy atom. The highest BCUT2D eigenvalue weighted by Crippen LogP contribution is 2.27. The molecule has 0 amide bonds. The standard InChI is InChI=1S/C11H7F2IOS/c12-8-2-1-6(3-9(8)13)11(15)7-4-10(14)16-5-7/h1-5,11,15H. The highest BCUT2D eigenvalue weighted by molar-refractivity contribution is 14.1. The summed E-state index contributed by atoms with van der Waals surface area (Å²) in [6.45, 7) is 0. The second-order valence-electron chi connectivity index (χ2n) is 3.26. The lowest BCUT2D eigenvalue weighted by atomic mass is 10.0. The van der Waals surface area contributed by atoms with Gasteiger partial charge in [0.15, 0.2) is 11.6 Å². The Hall–Kier alpha value is -0.530. The van der Waals surface area contributed by atoms with Crippen LogP contribution in [0.25, 0.3) is 0 Å². The van der Waals surface area contributed by atoms with Gasteiger partial charge in [0.1, 0.15) is 6.10 Å². The topological polar surface area (TPSA) is 20.2 Å². The first-order valence-corrected chi connectivity index (χ1v) is 6.40. The first-order chi connectivity index (χ1) is 7.58. The van der Waals surface area contributed by atoms with E-state index in [4.69, 9.17) is 0 Å². The van der Waals surface area contributed by atoms with E-state index in [0.717, 1.165) is 15.0 Å². The summed E-state index contributed by atoms with van der Waals surface area (Å²) >= 11 is 3.63. The molecule has 0 spiro atoms. The number of benzene rings is 1. The molecule has 0 radical (unpaired) electrons. The van der Waals surface area contributed by atoms with Crippen molar-refractivity contribution < 1.29 is 13.9 Å². The second kappa shape index (κ2) is 4.77. The van der Waals surface area contributed by atoms with E-state index in [9.17, 15) is 13.9 Å². The van der Waals surface area contributed by atoms with E-state index >= 15 is 0 Å². The Morgan fingerprint density at radius 1 is 1.12 bits per heavy atom. The third kappa shape index (κ3) is 2.41. The number of aliphatic hydroxyl groups excluding tert-OH is 1. The lowest BCUT2D eigenvalue weighted by Crippen LogP contribution is -1.99. The predicted molar refractivity (Wildman–Crippen MR) is 67.5 cm³/mol. The summed E-state index contributed by atoms with van der Waals surface area (Å²) in [4.78, 5) is 0. The first-order valence-electron chi connectivity index (χ1n) is 4.45. The SMILES string of the molecule is OC(c1csc(I)c1)c1ccc(F)c(F)c1. The molecule has 1 N–H and O–H groups in total. The van der Waals surface area contributed by atoms with Gasteiger partial charge in [0.25, 0.3) is 0 Å². The molecule has 0 aliphatic carbocycles. The second-order valence-corrected chi connectivity index (χ2v) is 6.07. The molecule has 0 aliphatic heterocycles. The number of aliphatic hydroxyl groups is 1. The Kier molecular flexibility index (Phi) is 3.56. The van der Waals surface area contributed by atoms with Gasteiger partial charge >= 0.3 is 0 Å². The Balaban J connectivity index is 2.33. The van der Waals surface area contributed by atoms with Crippen LogP contribution in [0.15, 0.2) is 29.6 Å². The molecule has 1 unspecified atom stereocenters. The van der Waals surface area contributed by atoms with Gasteiger partial charge in [0, 0.05) is 0 Å². The molecular formula is C11H7F2IOS. The van der Waals surface area contributed by atoms with Crippen LogP contribution in [0.3, 0.4) is 0 Å². The van der Waals surface area contributed by atoms with Gasteiger partial charge in [0.05, 0.1) is 2.88 Å². The molecular weight excluding hydrogens is 345 g/mol. The molecule has 0 fully saturated rings. The van der Waals surface area contributed by atoms with Crippen molar-refractivity contribution in [2.45, 2.75) is 6.10 Å². The molecule has 84 valence electrons. The maximum Gasteiger partial charge on any atom is 0.159 e. The monoisotopic (exact) mass is 352 g/mol. The summed E-state index contributed by atoms with van der Waals surface area (Å²) in [5.74, 6) is -1.85. The molecule has 1 atom stereocenters. The van der Waals surface area contributed by atoms with Crippen molar-refractivity contribution >= 4 is 33.9 Å². The minimum Gasteiger partial charge on any atom is -0.384 e. The van der Waals surface area contributed by atoms with E-state index in [-0.39, 0.29) is 0 Å². The fraction of sp³-hybridized carbons (Fsp3) is 0.0909. The van der Waals surface area contributed by atoms with Gasteiger partial charge in [-0.15, -0.1) is 11.3 Å². The first kappa shape index (κ1) is 11.9. The van der Waals surface area contributed by atoms with Crippen molar-refractivity contribution in [2.24, 2.45) is 0 Å². The van der Waals surface area contributed by atoms with Gasteiger partial charge in [-0.1, -0.05) is 6.07 Å². The number of hydrogen-bond acceptors (Lipinski definition) is 2. The molecule has 0 saturated carbocycles. The van der Waals surface area contributed by atoms with Crippen molar-refractivity contribution in [1.29, 1.82) is 0 Å². The fourth-order valence-corrected chi connectivity index (χ4v) is 2.73. The van der Waals surface area contributed by atoms with Crippen molar-refractivity contribution in [1.82, 2.24) is 0 Å². The molecule has 5 heteroatoms. The van der Waals surface area contributed by atoms with E-state index in [0.29, 0.717) is 11.1 Å². The molecule has 0 aliphatic rings. The van der Waals surface area contributed by atoms with E-state index in [2.05, 4.69) is 22.6 Å². The van der Waals surface area contributed by atoms with Crippen molar-refractivity contribution in [3.63, 3.8) is 0 Å². The van der Waals surface area contributed by atoms with Gasteiger partial charge in [0.2, 0.25) is 0 Å². The van der Waals surface area contributed by atoms with Gasteiger partial charge in [-0.05, 0) is 57.3 Å². The zero-order chi connectivity index (χ0) is 11.7. The van der Waals surface area contributed by atoms with Crippen LogP contribution >= 0.6 is 33.9 Å². The van der Waals surface area contributed by atoms with E-state index in [1.54, 1.807) is 5.38 Å². The normalized spacial score (nSPS) is 12.8. The molecule has 1 aromatic heterocycles. The summed E-state index contributed by atoms with van der Waals surface area (Å²) in [5.41, 5.74) is 1.05. The van der Waals surface area contributed by atoms with Crippen molar-refractivity contribution in [2.75, 3.05) is 0 Å². The zero-order valence-electron chi connectivity index (χ0n) is 7.95. The Morgan fingerprint density at radius 2 is 1.88 bits per heavy atom. The molecule has 0 bridgehead atoms. The third-order valence-electron chi connectivity index (χ3n) is 2.16. The summed E-state index contributed by atoms with van der Waals surface area (Å²) in [7, 11) is 0. The van der Waals surface area contributed by atoms with Crippen LogP contribution in [-0.2, 0) is 0 Å². The molecule has 1 aromatic carbocycles. The highest BCUT2D eigenvalue weighted by Gasteiger charge is 2.14. The van der Waals surface area contributed by atoms with Crippen LogP contribution in [0.1, 0.15) is 17.2 Å². The van der Waals surface area contributed by atoms with Gasteiger partial charge in [-0.3, -0.25) is 0 Å². The Bertz CT molecular complexity index is 512. The van der Waals surface area contributed by atoms with Crippen molar-refractivity contribution in [3.8, 4) is 0 Å². The van der Waals surface area contributed by atoms with E-state index in [1.165, 1.54) is 17.4 Å². The minimum absolute atomic E-state index is 0.355. The summed E-state index contributed by atoms with van der Waals surface area (Å²) in [6.07, 6.45) is -0.908. The molecule has 16 heavy (non-hydrogen) atoms. The van der Waals surface area contributed by atoms with Crippen LogP contribution in [-0.4, -0.2) is 5.11 Å². The summed E-state index contributed by atoms with van der Waals surface area (Å²) in [6, 6.07) is 5.24. The quantitative estimate of drug-likeness (QED) is 0.817. The van der Waals surface area contributed by atoms with E-state index in [1.807, 2.05) is 6.07 Å². The molecule has 1 nitrogen and oxygen atoms in total. The van der Waals surface area contributed by atoms with Gasteiger partial charge < -0.3 is 5.11 Å². The van der Waals surface area contributed by atoms with Crippen LogP contribution in [0, 0.1) is 14.5 Å². The average molecular weight is 352 g/mol. The number of hydrogen-bond donors (Lipinski definition) is 1. The third-order valence-corrected chi connectivity index (χ3v) is 3.97. The number of rotatable bonds is 2. The Labute approximate surface area is 109 Å². The molecule has 0 saturated heterocycles. The smallest absolute Gasteiger partial charge is 0.159 e. The maximum atomic E-state index is 13.0. The highest BCUT2D eigenvalue weighted by atomic mass is 127. The van der Waals surface area contributed by atoms with Crippen molar-refractivity contribution in [3.05, 3.63) is 55.3 Å². The molecule has 2 aromatic rings. The van der Waals surface area contributed by atoms with Crippen LogP contribution in [0.2, 0.25) is 0 Å². The fourth-order valence-electron chi connectivity index (χ4n) is 1.34. The van der Waals surface area contributed by atoms with Crippen LogP contribution in [0.4, 0.5) is 8.78 Å². The minimum atomic E-state index is -0.943. The molecule has 1 heterocycles. The summed E-state index contributed by atoms with van der Waals surface area (Å²) < 4.78 is 26.7. The lowest BCUT2D eigenvalue weighted by molar-refractivity contribution is 0.220. The zero-order valence-corrected chi connectivity index (χ0v) is 10.9. The molecule has 2 rings (SSSR count). The number of halogens is 3. The number of thiophene rings is 1. The maximum absolute atomic E-state index is 13.0. The predicted octanol–water partition coefficient (Wildman–Crippen LogP) is 3.71. The van der Waals surface area contributed by atoms with E-state index < -0.39 is 17.7 Å². The lowest BCUT2D eigenvalue weighted by Gasteiger charge is -2.09. The van der Waals surface area contributed by atoms with Crippen LogP contribution in [0.5, 0.6) is 0 Å². The van der Waals surface area contributed by atoms with Gasteiger partial charge in [-0.2, -0.15) is 0 Å². The average Bonchev–Trinajstić information content (AvgIpc) is 2.68. The van der Waals surface area contributed by atoms with Crippen LogP contribution < -0.4 is 0 Å².